The van der Waals surface area contributed by atoms with Crippen LogP contribution in [-0.4, -0.2) is 136 Å². The summed E-state index contributed by atoms with van der Waals surface area (Å²) in [5.41, 5.74) is 23.0. The van der Waals surface area contributed by atoms with Crippen molar-refractivity contribution in [3.8, 4) is 5.75 Å². The Kier molecular flexibility index (Phi) is 23.4. The number of nitrogens with zero attached hydrogens (tertiary/aromatic N) is 1. The summed E-state index contributed by atoms with van der Waals surface area (Å²) in [6.07, 6.45) is -1.00. The van der Waals surface area contributed by atoms with Gasteiger partial charge in [0, 0.05) is 13.0 Å². The van der Waals surface area contributed by atoms with E-state index in [0.29, 0.717) is 24.9 Å². The third-order valence-corrected chi connectivity index (χ3v) is 8.85. The number of benzene rings is 1. The van der Waals surface area contributed by atoms with Crippen molar-refractivity contribution in [1.82, 2.24) is 31.9 Å². The molecular weight excluding hydrogens is 806 g/mol. The van der Waals surface area contributed by atoms with Gasteiger partial charge >= 0.3 is 17.9 Å². The Morgan fingerprint density at radius 1 is 0.672 bits per heavy atom. The van der Waals surface area contributed by atoms with E-state index in [1.807, 2.05) is 0 Å². The van der Waals surface area contributed by atoms with Crippen molar-refractivity contribution in [2.75, 3.05) is 19.6 Å². The predicted octanol–water partition coefficient (Wildman–Crippen LogP) is -3.94. The van der Waals surface area contributed by atoms with Crippen molar-refractivity contribution in [2.24, 2.45) is 33.8 Å². The van der Waals surface area contributed by atoms with E-state index >= 15 is 0 Å². The lowest BCUT2D eigenvalue weighted by Crippen LogP contribution is -2.59. The third-order valence-electron chi connectivity index (χ3n) is 8.85. The zero-order chi connectivity index (χ0) is 46.2. The van der Waals surface area contributed by atoms with Crippen LogP contribution in [0.1, 0.15) is 70.8 Å². The van der Waals surface area contributed by atoms with E-state index in [4.69, 9.17) is 28.0 Å². The van der Waals surface area contributed by atoms with Gasteiger partial charge in [0.1, 0.15) is 36.0 Å². The highest BCUT2D eigenvalue weighted by Crippen LogP contribution is 2.12. The first-order valence-corrected chi connectivity index (χ1v) is 19.4. The first-order chi connectivity index (χ1) is 28.6. The van der Waals surface area contributed by atoms with Gasteiger partial charge in [-0.15, -0.1) is 0 Å². The van der Waals surface area contributed by atoms with Gasteiger partial charge in [-0.1, -0.05) is 26.0 Å². The molecule has 0 spiro atoms. The van der Waals surface area contributed by atoms with E-state index in [1.54, 1.807) is 12.1 Å². The number of aromatic hydroxyl groups is 1. The topological polar surface area (TPSA) is 423 Å². The van der Waals surface area contributed by atoms with Gasteiger partial charge in [-0.2, -0.15) is 0 Å². The van der Waals surface area contributed by atoms with E-state index in [9.17, 15) is 58.5 Å². The average Bonchev–Trinajstić information content (AvgIpc) is 3.18. The summed E-state index contributed by atoms with van der Waals surface area (Å²) in [5.74, 6) is -10.8. The number of amides is 6. The number of hydrogen-bond donors (Lipinski definition) is 14. The summed E-state index contributed by atoms with van der Waals surface area (Å²) in [4.78, 5) is 118. The zero-order valence-corrected chi connectivity index (χ0v) is 34.1. The molecule has 0 saturated heterocycles. The molecule has 340 valence electrons. The molecule has 0 aliphatic rings. The van der Waals surface area contributed by atoms with Crippen LogP contribution in [0.2, 0.25) is 0 Å². The number of aliphatic carboxylic acids is 3. The summed E-state index contributed by atoms with van der Waals surface area (Å²) < 4.78 is 0. The minimum Gasteiger partial charge on any atom is -0.508 e. The lowest BCUT2D eigenvalue weighted by molar-refractivity contribution is -0.147. The molecule has 0 saturated carbocycles. The van der Waals surface area contributed by atoms with Crippen molar-refractivity contribution in [3.63, 3.8) is 0 Å². The van der Waals surface area contributed by atoms with Crippen molar-refractivity contribution >= 4 is 59.3 Å². The van der Waals surface area contributed by atoms with Gasteiger partial charge in [-0.05, 0) is 75.1 Å². The molecule has 1 aromatic carbocycles. The lowest BCUT2D eigenvalue weighted by atomic mass is 10.0. The average molecular weight is 866 g/mol. The minimum atomic E-state index is -1.83. The quantitative estimate of drug-likeness (QED) is 0.0208. The number of carboxylic acid groups (broad SMARTS) is 3. The number of carbonyl (C=O) groups is 9. The van der Waals surface area contributed by atoms with E-state index in [0.717, 1.165) is 0 Å². The number of phenolic OH excluding ortho intramolecular Hbond substituents is 1. The van der Waals surface area contributed by atoms with Crippen molar-refractivity contribution in [2.45, 2.75) is 108 Å². The van der Waals surface area contributed by atoms with Crippen LogP contribution in [0.3, 0.4) is 0 Å². The summed E-state index contributed by atoms with van der Waals surface area (Å²) in [6, 6.07) is -2.51. The van der Waals surface area contributed by atoms with Crippen LogP contribution < -0.4 is 54.8 Å². The Hall–Kier alpha value is -6.56. The molecule has 0 bridgehead atoms. The van der Waals surface area contributed by atoms with E-state index < -0.39 is 121 Å². The number of hydrogen-bond acceptors (Lipinski definition) is 13. The lowest BCUT2D eigenvalue weighted by Gasteiger charge is -2.27. The number of aliphatic imine (C=N–C) groups is 1. The third kappa shape index (κ3) is 21.3. The molecule has 24 heteroatoms. The van der Waals surface area contributed by atoms with Gasteiger partial charge in [0.05, 0.1) is 19.0 Å². The first-order valence-electron chi connectivity index (χ1n) is 19.4. The van der Waals surface area contributed by atoms with E-state index in [-0.39, 0.29) is 43.9 Å². The fourth-order valence-electron chi connectivity index (χ4n) is 5.56. The molecule has 0 aliphatic heterocycles. The maximum atomic E-state index is 13.6. The second-order valence-electron chi connectivity index (χ2n) is 14.3. The van der Waals surface area contributed by atoms with Crippen LogP contribution in [-0.2, 0) is 49.6 Å². The van der Waals surface area contributed by atoms with Gasteiger partial charge in [-0.3, -0.25) is 43.3 Å². The Morgan fingerprint density at radius 2 is 1.23 bits per heavy atom. The standard InChI is InChI=1S/C37H59N11O13/c1-19(2)30(35(59)47-26(36(60)61)17-29(53)54)48-34(58)24(7-5-15-42-37(40)41)46-33(57)25(12-13-28(51)52)44-27(50)18-43-32(56)23(6-3-4-14-38)45-31(55)22(39)16-20-8-10-21(49)11-9-20/h8-11,19,22-26,30,49H,3-7,12-18,38-39H2,1-2H3,(H,43,56)(H,44,50)(H,45,55)(H,46,57)(H,47,59)(H,48,58)(H,51,52)(H,53,54)(H,60,61)(H4,40,41,42)/t22-,23-,24-,25-,26-,30-/m0/s1. The van der Waals surface area contributed by atoms with Crippen molar-refractivity contribution in [1.29, 1.82) is 0 Å². The van der Waals surface area contributed by atoms with Crippen LogP contribution in [0, 0.1) is 5.92 Å². The molecule has 6 atom stereocenters. The van der Waals surface area contributed by atoms with Gasteiger partial charge in [-0.25, -0.2) is 4.79 Å². The Labute approximate surface area is 351 Å². The molecule has 1 aromatic rings. The molecule has 18 N–H and O–H groups in total. The molecule has 0 unspecified atom stereocenters. The second-order valence-corrected chi connectivity index (χ2v) is 14.3. The highest BCUT2D eigenvalue weighted by molar-refractivity contribution is 5.96. The maximum absolute atomic E-state index is 13.6. The first kappa shape index (κ1) is 52.5. The van der Waals surface area contributed by atoms with E-state index in [1.165, 1.54) is 26.0 Å². The predicted molar refractivity (Wildman–Crippen MR) is 217 cm³/mol. The molecule has 0 aromatic heterocycles. The highest BCUT2D eigenvalue weighted by Gasteiger charge is 2.33. The molecule has 1 rings (SSSR count). The number of nitrogens with two attached hydrogens (primary N) is 4. The molecule has 0 aliphatic carbocycles. The normalized spacial score (nSPS) is 13.8. The summed E-state index contributed by atoms with van der Waals surface area (Å²) >= 11 is 0. The van der Waals surface area contributed by atoms with Gasteiger partial charge in [0.25, 0.3) is 0 Å². The number of carboxylic acids is 3. The molecule has 24 nitrogen and oxygen atoms in total. The molecule has 0 fully saturated rings. The van der Waals surface area contributed by atoms with E-state index in [2.05, 4.69) is 36.9 Å². The number of guanidine groups is 1. The Bertz CT molecular complexity index is 1710. The number of phenols is 1. The number of carbonyl (C=O) groups excluding carboxylic acids is 6. The number of unbranched alkanes of at least 4 members (excludes halogenated alkanes) is 1. The van der Waals surface area contributed by atoms with Gasteiger partial charge in [0.15, 0.2) is 5.96 Å². The van der Waals surface area contributed by atoms with Gasteiger partial charge in [0.2, 0.25) is 35.4 Å². The Morgan fingerprint density at radius 3 is 1.79 bits per heavy atom. The molecule has 0 radical (unpaired) electrons. The van der Waals surface area contributed by atoms with Crippen molar-refractivity contribution in [3.05, 3.63) is 29.8 Å². The largest absolute Gasteiger partial charge is 0.508 e. The monoisotopic (exact) mass is 865 g/mol. The molecule has 0 heterocycles. The van der Waals surface area contributed by atoms with Crippen LogP contribution in [0.15, 0.2) is 29.3 Å². The fourth-order valence-corrected chi connectivity index (χ4v) is 5.56. The Balaban J connectivity index is 3.18. The highest BCUT2D eigenvalue weighted by atomic mass is 16.4. The van der Waals surface area contributed by atoms with Crippen LogP contribution in [0.5, 0.6) is 5.75 Å². The van der Waals surface area contributed by atoms with Crippen molar-refractivity contribution < 1.29 is 63.6 Å². The smallest absolute Gasteiger partial charge is 0.326 e. The van der Waals surface area contributed by atoms with Crippen LogP contribution in [0.25, 0.3) is 0 Å². The minimum absolute atomic E-state index is 0.0114. The fraction of sp³-hybridized carbons (Fsp3) is 0.568. The second kappa shape index (κ2) is 27.2. The van der Waals surface area contributed by atoms with Gasteiger partial charge < -0.3 is 75.3 Å². The summed E-state index contributed by atoms with van der Waals surface area (Å²) in [5, 5.41) is 51.5. The van der Waals surface area contributed by atoms with Crippen LogP contribution >= 0.6 is 0 Å². The molecular formula is C37H59N11O13. The maximum Gasteiger partial charge on any atom is 0.326 e. The molecule has 61 heavy (non-hydrogen) atoms. The summed E-state index contributed by atoms with van der Waals surface area (Å²) in [6.45, 7) is 2.57. The SMILES string of the molecule is CC(C)[C@H](NC(=O)[C@H](CCCN=C(N)N)NC(=O)[C@H](CCC(=O)O)NC(=O)CNC(=O)[C@H](CCCCN)NC(=O)[C@@H](N)Cc1ccc(O)cc1)C(=O)N[C@@H](CC(=O)O)C(=O)O. The number of rotatable bonds is 29. The zero-order valence-electron chi connectivity index (χ0n) is 34.1. The van der Waals surface area contributed by atoms with Crippen LogP contribution in [0.4, 0.5) is 0 Å². The summed E-state index contributed by atoms with van der Waals surface area (Å²) in [7, 11) is 0. The number of nitrogens with one attached hydrogen (secondary N) is 6. The molecule has 6 amide bonds.